The molecule has 0 bridgehead atoms. The van der Waals surface area contributed by atoms with Crippen LogP contribution in [0.1, 0.15) is 10.4 Å². The summed E-state index contributed by atoms with van der Waals surface area (Å²) in [5, 5.41) is 16.3. The van der Waals surface area contributed by atoms with Gasteiger partial charge in [0.25, 0.3) is 5.91 Å². The van der Waals surface area contributed by atoms with Crippen LogP contribution in [0.3, 0.4) is 0 Å². The lowest BCUT2D eigenvalue weighted by molar-refractivity contribution is 0.102. The number of fused-ring (bicyclic) bond motifs is 2. The minimum Gasteiger partial charge on any atom is -0.491 e. The molecule has 0 atom stereocenters. The highest BCUT2D eigenvalue weighted by Gasteiger charge is 2.23. The third kappa shape index (κ3) is 3.32. The summed E-state index contributed by atoms with van der Waals surface area (Å²) in [5.41, 5.74) is 2.49. The molecule has 3 heterocycles. The summed E-state index contributed by atoms with van der Waals surface area (Å²) in [6.45, 7) is 3.59. The van der Waals surface area contributed by atoms with Crippen LogP contribution in [0.4, 0.5) is 15.8 Å². The molecule has 0 aliphatic carbocycles. The van der Waals surface area contributed by atoms with E-state index < -0.39 is 5.82 Å². The molecule has 32 heavy (non-hydrogen) atoms. The molecule has 1 aliphatic rings. The lowest BCUT2D eigenvalue weighted by Crippen LogP contribution is -2.43. The van der Waals surface area contributed by atoms with Gasteiger partial charge in [-0.05, 0) is 18.2 Å². The van der Waals surface area contributed by atoms with Crippen LogP contribution in [-0.2, 0) is 14.1 Å². The molecule has 5 rings (SSSR count). The van der Waals surface area contributed by atoms with Crippen molar-refractivity contribution in [2.45, 2.75) is 0 Å². The summed E-state index contributed by atoms with van der Waals surface area (Å²) in [7, 11) is 4.90. The maximum absolute atomic E-state index is 14.9. The molecule has 1 amide bonds. The summed E-state index contributed by atoms with van der Waals surface area (Å²) < 4.78 is 23.4. The summed E-state index contributed by atoms with van der Waals surface area (Å²) in [4.78, 5) is 15.6. The van der Waals surface area contributed by atoms with Crippen molar-refractivity contribution in [3.63, 3.8) is 0 Å². The Kier molecular flexibility index (Phi) is 4.93. The number of hydrogen-bond acceptors (Lipinski definition) is 6. The second kappa shape index (κ2) is 7.79. The fourth-order valence-electron chi connectivity index (χ4n) is 4.28. The molecule has 166 valence electrons. The minimum absolute atomic E-state index is 0.0562. The number of carbonyl (C=O) groups excluding carboxylic acids is 1. The summed E-state index contributed by atoms with van der Waals surface area (Å²) in [6.07, 6.45) is 3.61. The van der Waals surface area contributed by atoms with Gasteiger partial charge < -0.3 is 20.3 Å². The molecule has 1 fully saturated rings. The van der Waals surface area contributed by atoms with Gasteiger partial charge in [0.15, 0.2) is 11.6 Å². The average molecular weight is 437 g/mol. The smallest absolute Gasteiger partial charge is 0.258 e. The summed E-state index contributed by atoms with van der Waals surface area (Å²) in [6, 6.07) is 5.38. The van der Waals surface area contributed by atoms with Gasteiger partial charge in [-0.25, -0.2) is 4.39 Å². The van der Waals surface area contributed by atoms with E-state index in [1.165, 1.54) is 11.8 Å². The Balaban J connectivity index is 1.55. The topological polar surface area (TPSA) is 89.2 Å². The van der Waals surface area contributed by atoms with Crippen LogP contribution in [0.2, 0.25) is 0 Å². The van der Waals surface area contributed by atoms with Crippen LogP contribution < -0.4 is 20.3 Å². The standard InChI is InChI=1S/C22H24FN7O2/c1-28-11-13-10-16(21(32-3)18(23)19(13)26-28)25-22(31)14-4-5-17(30-8-6-24-7-9-30)15-12-29(2)27-20(14)15/h4-5,10-12,24H,6-9H2,1-3H3,(H,25,31). The zero-order valence-corrected chi connectivity index (χ0v) is 18.1. The number of carbonyl (C=O) groups is 1. The van der Waals surface area contributed by atoms with E-state index in [-0.39, 0.29) is 22.9 Å². The third-order valence-corrected chi connectivity index (χ3v) is 5.73. The van der Waals surface area contributed by atoms with Crippen molar-refractivity contribution in [2.75, 3.05) is 43.5 Å². The first-order valence-electron chi connectivity index (χ1n) is 10.4. The van der Waals surface area contributed by atoms with Gasteiger partial charge in [0.2, 0.25) is 0 Å². The molecule has 0 spiro atoms. The first-order valence-corrected chi connectivity index (χ1v) is 10.4. The lowest BCUT2D eigenvalue weighted by atomic mass is 10.1. The highest BCUT2D eigenvalue weighted by atomic mass is 19.1. The minimum atomic E-state index is -0.613. The molecule has 9 nitrogen and oxygen atoms in total. The second-order valence-corrected chi connectivity index (χ2v) is 7.90. The number of amides is 1. The summed E-state index contributed by atoms with van der Waals surface area (Å²) >= 11 is 0. The van der Waals surface area contributed by atoms with E-state index in [0.717, 1.165) is 37.3 Å². The molecule has 4 aromatic rings. The Morgan fingerprint density at radius 2 is 1.84 bits per heavy atom. The molecule has 1 saturated heterocycles. The van der Waals surface area contributed by atoms with E-state index >= 15 is 0 Å². The molecule has 1 aliphatic heterocycles. The van der Waals surface area contributed by atoms with Gasteiger partial charge in [0.05, 0.1) is 18.4 Å². The van der Waals surface area contributed by atoms with Gasteiger partial charge in [-0.15, -0.1) is 0 Å². The van der Waals surface area contributed by atoms with E-state index in [1.54, 1.807) is 30.1 Å². The number of rotatable bonds is 4. The van der Waals surface area contributed by atoms with Gasteiger partial charge >= 0.3 is 0 Å². The van der Waals surface area contributed by atoms with Gasteiger partial charge in [0, 0.05) is 69.1 Å². The van der Waals surface area contributed by atoms with Crippen LogP contribution in [0.15, 0.2) is 30.6 Å². The number of nitrogens with one attached hydrogen (secondary N) is 2. The van der Waals surface area contributed by atoms with Crippen LogP contribution in [0.5, 0.6) is 5.75 Å². The molecule has 0 unspecified atom stereocenters. The van der Waals surface area contributed by atoms with Gasteiger partial charge in [-0.1, -0.05) is 0 Å². The van der Waals surface area contributed by atoms with Crippen LogP contribution in [0, 0.1) is 5.82 Å². The van der Waals surface area contributed by atoms with E-state index in [4.69, 9.17) is 4.74 Å². The highest BCUT2D eigenvalue weighted by Crippen LogP contribution is 2.35. The Labute approximate surface area is 183 Å². The number of methoxy groups -OCH3 is 1. The Bertz CT molecular complexity index is 1340. The zero-order valence-electron chi connectivity index (χ0n) is 18.1. The zero-order chi connectivity index (χ0) is 22.4. The second-order valence-electron chi connectivity index (χ2n) is 7.90. The van der Waals surface area contributed by atoms with Gasteiger partial charge in [0.1, 0.15) is 11.0 Å². The number of aryl methyl sites for hydroxylation is 2. The van der Waals surface area contributed by atoms with Crippen molar-refractivity contribution in [3.8, 4) is 5.75 Å². The van der Waals surface area contributed by atoms with Crippen LogP contribution in [0.25, 0.3) is 21.8 Å². The molecule has 2 aromatic heterocycles. The number of ether oxygens (including phenoxy) is 1. The van der Waals surface area contributed by atoms with Crippen molar-refractivity contribution in [2.24, 2.45) is 14.1 Å². The van der Waals surface area contributed by atoms with Crippen molar-refractivity contribution < 1.29 is 13.9 Å². The Morgan fingerprint density at radius 3 is 2.59 bits per heavy atom. The fourth-order valence-corrected chi connectivity index (χ4v) is 4.28. The van der Waals surface area contributed by atoms with Crippen molar-refractivity contribution in [1.82, 2.24) is 24.9 Å². The molecule has 10 heteroatoms. The summed E-state index contributed by atoms with van der Waals surface area (Å²) in [5.74, 6) is -1.06. The number of benzene rings is 2. The van der Waals surface area contributed by atoms with E-state index in [2.05, 4.69) is 25.7 Å². The highest BCUT2D eigenvalue weighted by molar-refractivity contribution is 6.14. The quantitative estimate of drug-likeness (QED) is 0.509. The predicted molar refractivity (Wildman–Crippen MR) is 121 cm³/mol. The monoisotopic (exact) mass is 437 g/mol. The molecule has 2 N–H and O–H groups in total. The predicted octanol–water partition coefficient (Wildman–Crippen LogP) is 2.27. The lowest BCUT2D eigenvalue weighted by Gasteiger charge is -2.30. The SMILES string of the molecule is COc1c(NC(=O)c2ccc(N3CCNCC3)c3cn(C)nc23)cc2cn(C)nc2c1F. The van der Waals surface area contributed by atoms with E-state index in [9.17, 15) is 9.18 Å². The van der Waals surface area contributed by atoms with Crippen LogP contribution in [-0.4, -0.2) is 58.8 Å². The molecule has 0 radical (unpaired) electrons. The van der Waals surface area contributed by atoms with Crippen molar-refractivity contribution in [3.05, 3.63) is 42.0 Å². The number of aromatic nitrogens is 4. The van der Waals surface area contributed by atoms with Crippen molar-refractivity contribution in [1.29, 1.82) is 0 Å². The third-order valence-electron chi connectivity index (χ3n) is 5.73. The van der Waals surface area contributed by atoms with Crippen LogP contribution >= 0.6 is 0 Å². The number of piperazine rings is 1. The molecule has 2 aromatic carbocycles. The number of nitrogens with zero attached hydrogens (tertiary/aromatic N) is 5. The average Bonchev–Trinajstić information content (AvgIpc) is 3.35. The maximum atomic E-state index is 14.9. The first-order chi connectivity index (χ1) is 15.5. The Morgan fingerprint density at radius 1 is 1.12 bits per heavy atom. The molecular weight excluding hydrogens is 413 g/mol. The normalized spacial score (nSPS) is 14.3. The Hall–Kier alpha value is -3.66. The van der Waals surface area contributed by atoms with Gasteiger partial charge in [-0.2, -0.15) is 10.2 Å². The molecular formula is C22H24FN7O2. The van der Waals surface area contributed by atoms with E-state index in [0.29, 0.717) is 16.5 Å². The fraction of sp³-hybridized carbons (Fsp3) is 0.318. The number of halogens is 1. The van der Waals surface area contributed by atoms with E-state index in [1.807, 2.05) is 19.3 Å². The maximum Gasteiger partial charge on any atom is 0.258 e. The van der Waals surface area contributed by atoms with Gasteiger partial charge in [-0.3, -0.25) is 14.2 Å². The number of hydrogen-bond donors (Lipinski definition) is 2. The molecule has 0 saturated carbocycles. The number of anilines is 2. The van der Waals surface area contributed by atoms with Crippen molar-refractivity contribution >= 4 is 39.1 Å². The first kappa shape index (κ1) is 20.3. The largest absolute Gasteiger partial charge is 0.491 e.